The molecule has 23 heavy (non-hydrogen) atoms. The Morgan fingerprint density at radius 2 is 1.87 bits per heavy atom. The molecule has 0 spiro atoms. The van der Waals surface area contributed by atoms with Crippen molar-refractivity contribution < 1.29 is 13.5 Å². The Morgan fingerprint density at radius 1 is 1.13 bits per heavy atom. The van der Waals surface area contributed by atoms with Crippen LogP contribution in [0, 0.1) is 0 Å². The Bertz CT molecular complexity index is 934. The van der Waals surface area contributed by atoms with E-state index in [9.17, 15) is 13.5 Å². The molecule has 3 N–H and O–H groups in total. The van der Waals surface area contributed by atoms with Crippen molar-refractivity contribution in [2.45, 2.75) is 11.3 Å². The van der Waals surface area contributed by atoms with Gasteiger partial charge in [0, 0.05) is 28.7 Å². The molecule has 3 aromatic rings. The van der Waals surface area contributed by atoms with Gasteiger partial charge in [-0.1, -0.05) is 11.6 Å². The lowest BCUT2D eigenvalue weighted by atomic mass is 10.1. The average Bonchev–Trinajstić information content (AvgIpc) is 2.90. The van der Waals surface area contributed by atoms with Crippen LogP contribution in [-0.4, -0.2) is 25.1 Å². The third kappa shape index (κ3) is 3.50. The van der Waals surface area contributed by atoms with E-state index in [-0.39, 0.29) is 17.2 Å². The summed E-state index contributed by atoms with van der Waals surface area (Å²) in [6.07, 6.45) is 2.33. The van der Waals surface area contributed by atoms with E-state index >= 15 is 0 Å². The van der Waals surface area contributed by atoms with E-state index in [0.717, 1.165) is 16.5 Å². The summed E-state index contributed by atoms with van der Waals surface area (Å²) >= 11 is 5.76. The van der Waals surface area contributed by atoms with E-state index in [0.29, 0.717) is 11.4 Å². The van der Waals surface area contributed by atoms with Crippen molar-refractivity contribution in [2.24, 2.45) is 0 Å². The molecule has 5 nitrogen and oxygen atoms in total. The van der Waals surface area contributed by atoms with Crippen LogP contribution < -0.4 is 4.72 Å². The first-order valence-corrected chi connectivity index (χ1v) is 8.86. The number of aromatic nitrogens is 1. The van der Waals surface area contributed by atoms with Gasteiger partial charge in [-0.3, -0.25) is 0 Å². The van der Waals surface area contributed by atoms with Gasteiger partial charge in [0.1, 0.15) is 5.75 Å². The van der Waals surface area contributed by atoms with Crippen LogP contribution in [0.5, 0.6) is 5.75 Å². The SMILES string of the molecule is O=S(=O)(NCCc1c[nH]c2ccc(O)cc12)c1ccc(Cl)cc1. The number of nitrogens with one attached hydrogen (secondary N) is 2. The maximum absolute atomic E-state index is 12.2. The number of rotatable bonds is 5. The number of hydrogen-bond acceptors (Lipinski definition) is 3. The lowest BCUT2D eigenvalue weighted by Gasteiger charge is -2.06. The normalized spacial score (nSPS) is 11.9. The summed E-state index contributed by atoms with van der Waals surface area (Å²) in [5.74, 6) is 0.181. The lowest BCUT2D eigenvalue weighted by Crippen LogP contribution is -2.25. The summed E-state index contributed by atoms with van der Waals surface area (Å²) in [6.45, 7) is 0.258. The molecule has 120 valence electrons. The molecule has 0 aliphatic carbocycles. The zero-order valence-corrected chi connectivity index (χ0v) is 13.7. The number of halogens is 1. The summed E-state index contributed by atoms with van der Waals surface area (Å²) in [6, 6.07) is 11.1. The molecule has 1 aromatic heterocycles. The van der Waals surface area contributed by atoms with Crippen LogP contribution in [0.2, 0.25) is 5.02 Å². The molecule has 0 fully saturated rings. The number of phenols is 1. The zero-order valence-electron chi connectivity index (χ0n) is 12.1. The van der Waals surface area contributed by atoms with Crippen LogP contribution in [0.25, 0.3) is 10.9 Å². The van der Waals surface area contributed by atoms with Crippen molar-refractivity contribution in [3.8, 4) is 5.75 Å². The van der Waals surface area contributed by atoms with Crippen molar-refractivity contribution in [1.82, 2.24) is 9.71 Å². The monoisotopic (exact) mass is 350 g/mol. The molecule has 0 saturated carbocycles. The van der Waals surface area contributed by atoms with Gasteiger partial charge < -0.3 is 10.1 Å². The number of benzene rings is 2. The molecule has 0 aliphatic rings. The molecule has 0 aliphatic heterocycles. The highest BCUT2D eigenvalue weighted by Gasteiger charge is 2.13. The molecule has 0 radical (unpaired) electrons. The topological polar surface area (TPSA) is 82.2 Å². The molecule has 3 rings (SSSR count). The minimum Gasteiger partial charge on any atom is -0.508 e. The minimum atomic E-state index is -3.56. The molecular weight excluding hydrogens is 336 g/mol. The molecule has 0 atom stereocenters. The summed E-state index contributed by atoms with van der Waals surface area (Å²) < 4.78 is 26.9. The number of aromatic amines is 1. The van der Waals surface area contributed by atoms with Gasteiger partial charge in [-0.05, 0) is 54.4 Å². The van der Waals surface area contributed by atoms with E-state index in [1.54, 1.807) is 30.3 Å². The fourth-order valence-electron chi connectivity index (χ4n) is 2.39. The summed E-state index contributed by atoms with van der Waals surface area (Å²) in [5, 5.41) is 10.9. The Balaban J connectivity index is 1.70. The van der Waals surface area contributed by atoms with Crippen molar-refractivity contribution in [2.75, 3.05) is 6.54 Å². The number of sulfonamides is 1. The van der Waals surface area contributed by atoms with Gasteiger partial charge >= 0.3 is 0 Å². The molecule has 2 aromatic carbocycles. The maximum atomic E-state index is 12.2. The number of hydrogen-bond donors (Lipinski definition) is 3. The predicted octanol–water partition coefficient (Wildman–Crippen LogP) is 3.05. The Hall–Kier alpha value is -2.02. The van der Waals surface area contributed by atoms with Gasteiger partial charge in [-0.25, -0.2) is 13.1 Å². The van der Waals surface area contributed by atoms with E-state index in [4.69, 9.17) is 11.6 Å². The van der Waals surface area contributed by atoms with Crippen molar-refractivity contribution in [1.29, 1.82) is 0 Å². The summed E-state index contributed by atoms with van der Waals surface area (Å²) in [7, 11) is -3.56. The Morgan fingerprint density at radius 3 is 2.61 bits per heavy atom. The number of aromatic hydroxyl groups is 1. The third-order valence-corrected chi connectivity index (χ3v) is 5.29. The minimum absolute atomic E-state index is 0.179. The molecule has 7 heteroatoms. The molecule has 0 unspecified atom stereocenters. The largest absolute Gasteiger partial charge is 0.508 e. The second kappa shape index (κ2) is 6.23. The van der Waals surface area contributed by atoms with Crippen LogP contribution in [0.15, 0.2) is 53.6 Å². The zero-order chi connectivity index (χ0) is 16.4. The lowest BCUT2D eigenvalue weighted by molar-refractivity contribution is 0.476. The summed E-state index contributed by atoms with van der Waals surface area (Å²) in [5.41, 5.74) is 1.84. The molecule has 1 heterocycles. The summed E-state index contributed by atoms with van der Waals surface area (Å²) in [4.78, 5) is 3.28. The number of phenolic OH excluding ortho intramolecular Hbond substituents is 1. The van der Waals surface area contributed by atoms with Crippen molar-refractivity contribution in [3.63, 3.8) is 0 Å². The van der Waals surface area contributed by atoms with Gasteiger partial charge in [0.05, 0.1) is 4.90 Å². The maximum Gasteiger partial charge on any atom is 0.240 e. The van der Waals surface area contributed by atoms with E-state index < -0.39 is 10.0 Å². The molecule has 0 bridgehead atoms. The quantitative estimate of drug-likeness (QED) is 0.661. The standard InChI is InChI=1S/C16H15ClN2O3S/c17-12-1-4-14(5-2-12)23(21,22)19-8-7-11-10-18-16-6-3-13(20)9-15(11)16/h1-6,9-10,18-20H,7-8H2. The fraction of sp³-hybridized carbons (Fsp3) is 0.125. The van der Waals surface area contributed by atoms with E-state index in [1.807, 2.05) is 6.20 Å². The first-order valence-electron chi connectivity index (χ1n) is 7.00. The van der Waals surface area contributed by atoms with E-state index in [2.05, 4.69) is 9.71 Å². The number of fused-ring (bicyclic) bond motifs is 1. The fourth-order valence-corrected chi connectivity index (χ4v) is 3.55. The second-order valence-corrected chi connectivity index (χ2v) is 7.35. The first kappa shape index (κ1) is 15.9. The predicted molar refractivity (Wildman–Crippen MR) is 90.3 cm³/mol. The van der Waals surface area contributed by atoms with Gasteiger partial charge in [0.2, 0.25) is 10.0 Å². The van der Waals surface area contributed by atoms with Crippen molar-refractivity contribution >= 4 is 32.5 Å². The van der Waals surface area contributed by atoms with Crippen LogP contribution in [-0.2, 0) is 16.4 Å². The van der Waals surface area contributed by atoms with Gasteiger partial charge in [0.15, 0.2) is 0 Å². The number of H-pyrrole nitrogens is 1. The van der Waals surface area contributed by atoms with E-state index in [1.165, 1.54) is 12.1 Å². The Kier molecular flexibility index (Phi) is 4.30. The van der Waals surface area contributed by atoms with Crippen LogP contribution in [0.4, 0.5) is 0 Å². The smallest absolute Gasteiger partial charge is 0.240 e. The van der Waals surface area contributed by atoms with Gasteiger partial charge in [-0.2, -0.15) is 0 Å². The third-order valence-electron chi connectivity index (χ3n) is 3.56. The molecule has 0 saturated heterocycles. The average molecular weight is 351 g/mol. The van der Waals surface area contributed by atoms with Gasteiger partial charge in [-0.15, -0.1) is 0 Å². The Labute approximate surface area is 139 Å². The highest BCUT2D eigenvalue weighted by Crippen LogP contribution is 2.23. The van der Waals surface area contributed by atoms with Crippen LogP contribution in [0.3, 0.4) is 0 Å². The van der Waals surface area contributed by atoms with Crippen molar-refractivity contribution in [3.05, 3.63) is 59.2 Å². The highest BCUT2D eigenvalue weighted by atomic mass is 35.5. The highest BCUT2D eigenvalue weighted by molar-refractivity contribution is 7.89. The molecular formula is C16H15ClN2O3S. The van der Waals surface area contributed by atoms with Gasteiger partial charge in [0.25, 0.3) is 0 Å². The van der Waals surface area contributed by atoms with Crippen LogP contribution >= 0.6 is 11.6 Å². The molecule has 0 amide bonds. The first-order chi connectivity index (χ1) is 11.0. The van der Waals surface area contributed by atoms with Crippen LogP contribution in [0.1, 0.15) is 5.56 Å². The second-order valence-electron chi connectivity index (χ2n) is 5.15.